The third-order valence-electron chi connectivity index (χ3n) is 2.99. The summed E-state index contributed by atoms with van der Waals surface area (Å²) in [5.41, 5.74) is 0.925. The first-order valence-electron chi connectivity index (χ1n) is 6.45. The molecule has 6 heteroatoms. The van der Waals surface area contributed by atoms with Crippen molar-refractivity contribution >= 4 is 34.5 Å². The van der Waals surface area contributed by atoms with Gasteiger partial charge in [-0.15, -0.1) is 11.3 Å². The summed E-state index contributed by atoms with van der Waals surface area (Å²) >= 11 is 13.6. The Morgan fingerprint density at radius 2 is 2.20 bits per heavy atom. The second-order valence-electron chi connectivity index (χ2n) is 4.75. The average molecular weight is 329 g/mol. The molecule has 2 aromatic rings. The van der Waals surface area contributed by atoms with Gasteiger partial charge in [0, 0.05) is 23.0 Å². The van der Waals surface area contributed by atoms with E-state index in [1.807, 2.05) is 5.38 Å². The molecule has 1 saturated carbocycles. The highest BCUT2D eigenvalue weighted by Crippen LogP contribution is 2.28. The molecule has 1 heterocycles. The Kier molecular flexibility index (Phi) is 4.46. The second kappa shape index (κ2) is 6.31. The predicted octanol–water partition coefficient (Wildman–Crippen LogP) is 4.28. The molecule has 0 spiro atoms. The topological polar surface area (TPSA) is 34.1 Å². The Hall–Kier alpha value is -0.810. The van der Waals surface area contributed by atoms with E-state index in [2.05, 4.69) is 10.3 Å². The summed E-state index contributed by atoms with van der Waals surface area (Å²) in [4.78, 5) is 4.53. The number of halogens is 2. The molecule has 0 amide bonds. The van der Waals surface area contributed by atoms with Crippen LogP contribution in [0.25, 0.3) is 0 Å². The van der Waals surface area contributed by atoms with E-state index < -0.39 is 0 Å². The fourth-order valence-corrected chi connectivity index (χ4v) is 2.95. The van der Waals surface area contributed by atoms with Gasteiger partial charge < -0.3 is 10.1 Å². The lowest BCUT2D eigenvalue weighted by atomic mass is 10.3. The van der Waals surface area contributed by atoms with E-state index in [1.165, 1.54) is 12.8 Å². The molecule has 0 unspecified atom stereocenters. The summed E-state index contributed by atoms with van der Waals surface area (Å²) < 4.78 is 5.66. The number of hydrogen-bond acceptors (Lipinski definition) is 4. The predicted molar refractivity (Wildman–Crippen MR) is 82.8 cm³/mol. The molecule has 1 aliphatic rings. The monoisotopic (exact) mass is 328 g/mol. The molecule has 1 aromatic carbocycles. The Morgan fingerprint density at radius 1 is 1.35 bits per heavy atom. The average Bonchev–Trinajstić information content (AvgIpc) is 3.14. The molecule has 1 fully saturated rings. The van der Waals surface area contributed by atoms with Gasteiger partial charge in [-0.3, -0.25) is 0 Å². The zero-order chi connectivity index (χ0) is 13.9. The van der Waals surface area contributed by atoms with Gasteiger partial charge in [0.2, 0.25) is 0 Å². The van der Waals surface area contributed by atoms with E-state index in [1.54, 1.807) is 29.5 Å². The third kappa shape index (κ3) is 3.85. The van der Waals surface area contributed by atoms with Crippen LogP contribution in [0, 0.1) is 0 Å². The molecule has 3 rings (SSSR count). The smallest absolute Gasteiger partial charge is 0.138 e. The largest absolute Gasteiger partial charge is 0.486 e. The number of thiazole rings is 1. The lowest BCUT2D eigenvalue weighted by Crippen LogP contribution is -2.15. The van der Waals surface area contributed by atoms with Crippen LogP contribution in [0.1, 0.15) is 23.5 Å². The molecule has 106 valence electrons. The first-order chi connectivity index (χ1) is 9.70. The van der Waals surface area contributed by atoms with E-state index in [0.717, 1.165) is 17.2 Å². The summed E-state index contributed by atoms with van der Waals surface area (Å²) in [5, 5.41) is 7.68. The van der Waals surface area contributed by atoms with Crippen molar-refractivity contribution in [2.75, 3.05) is 0 Å². The lowest BCUT2D eigenvalue weighted by molar-refractivity contribution is 0.302. The number of ether oxygens (including phenoxy) is 1. The van der Waals surface area contributed by atoms with Crippen LogP contribution in [0.5, 0.6) is 5.75 Å². The summed E-state index contributed by atoms with van der Waals surface area (Å²) in [7, 11) is 0. The summed E-state index contributed by atoms with van der Waals surface area (Å²) in [6.45, 7) is 1.26. The van der Waals surface area contributed by atoms with Crippen molar-refractivity contribution < 1.29 is 4.74 Å². The summed E-state index contributed by atoms with van der Waals surface area (Å²) in [6.07, 6.45) is 2.58. The van der Waals surface area contributed by atoms with Crippen LogP contribution in [0.4, 0.5) is 0 Å². The SMILES string of the molecule is Clc1ccc(OCc2csc(CNC3CC3)n2)c(Cl)c1. The standard InChI is InChI=1S/C14H14Cl2N2OS/c15-9-1-4-13(12(16)5-9)19-7-11-8-20-14(18-11)6-17-10-2-3-10/h1,4-5,8,10,17H,2-3,6-7H2. The van der Waals surface area contributed by atoms with E-state index in [-0.39, 0.29) is 0 Å². The maximum atomic E-state index is 6.06. The van der Waals surface area contributed by atoms with Crippen molar-refractivity contribution in [3.63, 3.8) is 0 Å². The molecule has 1 aliphatic carbocycles. The highest BCUT2D eigenvalue weighted by Gasteiger charge is 2.20. The minimum Gasteiger partial charge on any atom is -0.486 e. The van der Waals surface area contributed by atoms with Crippen LogP contribution < -0.4 is 10.1 Å². The van der Waals surface area contributed by atoms with Crippen molar-refractivity contribution in [1.82, 2.24) is 10.3 Å². The van der Waals surface area contributed by atoms with Gasteiger partial charge in [-0.25, -0.2) is 4.98 Å². The van der Waals surface area contributed by atoms with Crippen molar-refractivity contribution in [1.29, 1.82) is 0 Å². The van der Waals surface area contributed by atoms with E-state index in [0.29, 0.717) is 28.4 Å². The lowest BCUT2D eigenvalue weighted by Gasteiger charge is -2.06. The highest BCUT2D eigenvalue weighted by atomic mass is 35.5. The zero-order valence-electron chi connectivity index (χ0n) is 10.7. The first kappa shape index (κ1) is 14.1. The molecule has 0 radical (unpaired) electrons. The molecule has 1 N–H and O–H groups in total. The first-order valence-corrected chi connectivity index (χ1v) is 8.09. The molecule has 1 aromatic heterocycles. The van der Waals surface area contributed by atoms with Gasteiger partial charge >= 0.3 is 0 Å². The summed E-state index contributed by atoms with van der Waals surface area (Å²) in [6, 6.07) is 5.90. The van der Waals surface area contributed by atoms with Gasteiger partial charge in [0.25, 0.3) is 0 Å². The van der Waals surface area contributed by atoms with Crippen LogP contribution >= 0.6 is 34.5 Å². The van der Waals surface area contributed by atoms with Gasteiger partial charge in [-0.2, -0.15) is 0 Å². The van der Waals surface area contributed by atoms with Gasteiger partial charge in [0.15, 0.2) is 0 Å². The fourth-order valence-electron chi connectivity index (χ4n) is 1.76. The highest BCUT2D eigenvalue weighted by molar-refractivity contribution is 7.09. The number of nitrogens with zero attached hydrogens (tertiary/aromatic N) is 1. The maximum Gasteiger partial charge on any atom is 0.138 e. The maximum absolute atomic E-state index is 6.06. The normalized spacial score (nSPS) is 14.5. The van der Waals surface area contributed by atoms with Crippen LogP contribution in [-0.2, 0) is 13.2 Å². The van der Waals surface area contributed by atoms with Crippen LogP contribution in [0.15, 0.2) is 23.6 Å². The fraction of sp³-hybridized carbons (Fsp3) is 0.357. The third-order valence-corrected chi connectivity index (χ3v) is 4.42. The van der Waals surface area contributed by atoms with Gasteiger partial charge in [0.1, 0.15) is 17.4 Å². The molecule has 3 nitrogen and oxygen atoms in total. The zero-order valence-corrected chi connectivity index (χ0v) is 13.1. The van der Waals surface area contributed by atoms with Crippen molar-refractivity contribution in [2.24, 2.45) is 0 Å². The Morgan fingerprint density at radius 3 is 2.95 bits per heavy atom. The number of hydrogen-bond donors (Lipinski definition) is 1. The van der Waals surface area contributed by atoms with Crippen LogP contribution in [0.3, 0.4) is 0 Å². The molecule has 0 aliphatic heterocycles. The van der Waals surface area contributed by atoms with E-state index in [4.69, 9.17) is 27.9 Å². The molecule has 0 bridgehead atoms. The van der Waals surface area contributed by atoms with E-state index >= 15 is 0 Å². The minimum absolute atomic E-state index is 0.418. The summed E-state index contributed by atoms with van der Waals surface area (Å²) in [5.74, 6) is 0.627. The second-order valence-corrected chi connectivity index (χ2v) is 6.54. The Balaban J connectivity index is 1.54. The Bertz CT molecular complexity index is 599. The number of aromatic nitrogens is 1. The number of nitrogens with one attached hydrogen (secondary N) is 1. The van der Waals surface area contributed by atoms with Crippen LogP contribution in [0.2, 0.25) is 10.0 Å². The van der Waals surface area contributed by atoms with E-state index in [9.17, 15) is 0 Å². The van der Waals surface area contributed by atoms with Gasteiger partial charge in [0.05, 0.1) is 10.7 Å². The minimum atomic E-state index is 0.418. The number of benzene rings is 1. The molecule has 0 atom stereocenters. The quantitative estimate of drug-likeness (QED) is 0.859. The Labute approximate surface area is 131 Å². The number of rotatable bonds is 6. The van der Waals surface area contributed by atoms with Crippen molar-refractivity contribution in [2.45, 2.75) is 32.0 Å². The van der Waals surface area contributed by atoms with Crippen LogP contribution in [-0.4, -0.2) is 11.0 Å². The van der Waals surface area contributed by atoms with Crippen molar-refractivity contribution in [3.8, 4) is 5.75 Å². The molecule has 0 saturated heterocycles. The van der Waals surface area contributed by atoms with Crippen molar-refractivity contribution in [3.05, 3.63) is 44.3 Å². The van der Waals surface area contributed by atoms with Gasteiger partial charge in [-0.1, -0.05) is 23.2 Å². The van der Waals surface area contributed by atoms with Gasteiger partial charge in [-0.05, 0) is 31.0 Å². The molecule has 20 heavy (non-hydrogen) atoms. The molecular formula is C14H14Cl2N2OS. The molecular weight excluding hydrogens is 315 g/mol.